The van der Waals surface area contributed by atoms with Gasteiger partial charge in [0.15, 0.2) is 0 Å². The first-order valence-corrected chi connectivity index (χ1v) is 8.96. The molecule has 134 valence electrons. The molecule has 0 bridgehead atoms. The molecule has 1 aromatic carbocycles. The molecule has 1 saturated heterocycles. The van der Waals surface area contributed by atoms with Crippen LogP contribution in [-0.4, -0.2) is 43.5 Å². The fourth-order valence-corrected chi connectivity index (χ4v) is 3.21. The number of carbonyl (C=O) groups is 1. The Labute approximate surface area is 145 Å². The summed E-state index contributed by atoms with van der Waals surface area (Å²) in [6, 6.07) is 4.71. The largest absolute Gasteiger partial charge is 0.369 e. The Morgan fingerprint density at radius 1 is 1.21 bits per heavy atom. The summed E-state index contributed by atoms with van der Waals surface area (Å²) in [5.41, 5.74) is 1.89. The predicted octanol–water partition coefficient (Wildman–Crippen LogP) is 3.19. The third kappa shape index (κ3) is 4.94. The Balaban J connectivity index is 2.14. The predicted molar refractivity (Wildman–Crippen MR) is 96.7 cm³/mol. The van der Waals surface area contributed by atoms with E-state index in [0.29, 0.717) is 12.3 Å². The van der Waals surface area contributed by atoms with Crippen LogP contribution in [0.3, 0.4) is 0 Å². The van der Waals surface area contributed by atoms with E-state index in [2.05, 4.69) is 22.0 Å². The van der Waals surface area contributed by atoms with Crippen molar-refractivity contribution >= 4 is 11.6 Å². The molecule has 1 unspecified atom stereocenters. The maximum absolute atomic E-state index is 13.8. The molecule has 0 saturated carbocycles. The highest BCUT2D eigenvalue weighted by molar-refractivity contribution is 5.77. The molecule has 0 aliphatic carbocycles. The van der Waals surface area contributed by atoms with Gasteiger partial charge < -0.3 is 15.1 Å². The Morgan fingerprint density at radius 2 is 1.88 bits per heavy atom. The number of hydrogen-bond donors (Lipinski definition) is 1. The number of halogens is 1. The zero-order valence-electron chi connectivity index (χ0n) is 15.3. The van der Waals surface area contributed by atoms with Crippen molar-refractivity contribution in [2.24, 2.45) is 5.92 Å². The van der Waals surface area contributed by atoms with E-state index in [-0.39, 0.29) is 17.8 Å². The Kier molecular flexibility index (Phi) is 6.60. The minimum atomic E-state index is -0.258. The van der Waals surface area contributed by atoms with Crippen LogP contribution in [0.15, 0.2) is 18.2 Å². The molecule has 1 aromatic rings. The number of likely N-dealkylation sites (N-methyl/N-ethyl adjacent to an activating group) is 1. The first-order valence-electron chi connectivity index (χ1n) is 8.96. The van der Waals surface area contributed by atoms with Gasteiger partial charge in [0.1, 0.15) is 5.82 Å². The summed E-state index contributed by atoms with van der Waals surface area (Å²) in [4.78, 5) is 16.8. The summed E-state index contributed by atoms with van der Waals surface area (Å²) in [7, 11) is 0. The fraction of sp³-hybridized carbons (Fsp3) is 0.632. The lowest BCUT2D eigenvalue weighted by Crippen LogP contribution is -2.46. The summed E-state index contributed by atoms with van der Waals surface area (Å²) >= 11 is 0. The third-order valence-electron chi connectivity index (χ3n) is 4.59. The monoisotopic (exact) mass is 335 g/mol. The van der Waals surface area contributed by atoms with Gasteiger partial charge in [-0.15, -0.1) is 0 Å². The van der Waals surface area contributed by atoms with Gasteiger partial charge in [0.05, 0.1) is 6.04 Å². The SMILES string of the molecule is CCN1CCN(c2ccc(F)cc2C(C)NC(=O)CC(C)C)CC1. The first kappa shape index (κ1) is 18.7. The van der Waals surface area contributed by atoms with Crippen LogP contribution < -0.4 is 10.2 Å². The van der Waals surface area contributed by atoms with Crippen molar-refractivity contribution in [1.82, 2.24) is 10.2 Å². The van der Waals surface area contributed by atoms with Crippen molar-refractivity contribution in [3.8, 4) is 0 Å². The number of rotatable bonds is 6. The minimum Gasteiger partial charge on any atom is -0.369 e. The van der Waals surface area contributed by atoms with E-state index < -0.39 is 0 Å². The number of piperazine rings is 1. The van der Waals surface area contributed by atoms with Crippen molar-refractivity contribution in [2.75, 3.05) is 37.6 Å². The average molecular weight is 335 g/mol. The fourth-order valence-electron chi connectivity index (χ4n) is 3.21. The van der Waals surface area contributed by atoms with E-state index in [9.17, 15) is 9.18 Å². The standard InChI is InChI=1S/C19H30FN3O/c1-5-22-8-10-23(11-9-22)18-7-6-16(20)13-17(18)15(4)21-19(24)12-14(2)3/h6-7,13-15H,5,8-12H2,1-4H3,(H,21,24). The summed E-state index contributed by atoms with van der Waals surface area (Å²) in [6.07, 6.45) is 0.490. The van der Waals surface area contributed by atoms with Gasteiger partial charge >= 0.3 is 0 Å². The van der Waals surface area contributed by atoms with Crippen molar-refractivity contribution in [2.45, 2.75) is 40.2 Å². The molecule has 4 nitrogen and oxygen atoms in total. The molecule has 5 heteroatoms. The molecule has 1 amide bonds. The zero-order chi connectivity index (χ0) is 17.7. The Bertz CT molecular complexity index is 554. The molecule has 1 aliphatic heterocycles. The molecule has 1 aliphatic rings. The van der Waals surface area contributed by atoms with Crippen LogP contribution in [0.5, 0.6) is 0 Å². The third-order valence-corrected chi connectivity index (χ3v) is 4.59. The average Bonchev–Trinajstić information content (AvgIpc) is 2.54. The van der Waals surface area contributed by atoms with Gasteiger partial charge in [-0.3, -0.25) is 4.79 Å². The summed E-state index contributed by atoms with van der Waals surface area (Å²) in [5, 5.41) is 3.01. The van der Waals surface area contributed by atoms with Crippen molar-refractivity contribution in [3.05, 3.63) is 29.6 Å². The van der Waals surface area contributed by atoms with Gasteiger partial charge in [0.25, 0.3) is 0 Å². The van der Waals surface area contributed by atoms with Crippen LogP contribution in [0.4, 0.5) is 10.1 Å². The van der Waals surface area contributed by atoms with Crippen LogP contribution in [0.25, 0.3) is 0 Å². The highest BCUT2D eigenvalue weighted by atomic mass is 19.1. The molecular formula is C19H30FN3O. The van der Waals surface area contributed by atoms with E-state index in [4.69, 9.17) is 0 Å². The molecular weight excluding hydrogens is 305 g/mol. The lowest BCUT2D eigenvalue weighted by Gasteiger charge is -2.37. The number of nitrogens with zero attached hydrogens (tertiary/aromatic N) is 2. The van der Waals surface area contributed by atoms with Crippen LogP contribution in [-0.2, 0) is 4.79 Å². The van der Waals surface area contributed by atoms with Crippen LogP contribution in [0.1, 0.15) is 45.7 Å². The second kappa shape index (κ2) is 8.47. The second-order valence-electron chi connectivity index (χ2n) is 7.01. The van der Waals surface area contributed by atoms with Crippen LogP contribution in [0, 0.1) is 11.7 Å². The molecule has 0 radical (unpaired) electrons. The number of nitrogens with one attached hydrogen (secondary N) is 1. The van der Waals surface area contributed by atoms with Gasteiger partial charge in [-0.1, -0.05) is 20.8 Å². The van der Waals surface area contributed by atoms with E-state index in [1.807, 2.05) is 26.8 Å². The van der Waals surface area contributed by atoms with Gasteiger partial charge in [-0.05, 0) is 37.6 Å². The molecule has 0 aromatic heterocycles. The molecule has 24 heavy (non-hydrogen) atoms. The number of amides is 1. The van der Waals surface area contributed by atoms with Gasteiger partial charge in [0, 0.05) is 43.9 Å². The number of anilines is 1. The Morgan fingerprint density at radius 3 is 2.46 bits per heavy atom. The molecule has 1 atom stereocenters. The number of carbonyl (C=O) groups excluding carboxylic acids is 1. The normalized spacial score (nSPS) is 17.2. The number of benzene rings is 1. The van der Waals surface area contributed by atoms with Gasteiger partial charge in [-0.2, -0.15) is 0 Å². The quantitative estimate of drug-likeness (QED) is 0.867. The van der Waals surface area contributed by atoms with Crippen molar-refractivity contribution < 1.29 is 9.18 Å². The van der Waals surface area contributed by atoms with Crippen molar-refractivity contribution in [1.29, 1.82) is 0 Å². The van der Waals surface area contributed by atoms with Gasteiger partial charge in [-0.25, -0.2) is 4.39 Å². The van der Waals surface area contributed by atoms with Crippen LogP contribution in [0.2, 0.25) is 0 Å². The molecule has 0 spiro atoms. The topological polar surface area (TPSA) is 35.6 Å². The summed E-state index contributed by atoms with van der Waals surface area (Å²) in [6.45, 7) is 13.1. The zero-order valence-corrected chi connectivity index (χ0v) is 15.3. The second-order valence-corrected chi connectivity index (χ2v) is 7.01. The Hall–Kier alpha value is -1.62. The molecule has 1 fully saturated rings. The van der Waals surface area contributed by atoms with Crippen molar-refractivity contribution in [3.63, 3.8) is 0 Å². The van der Waals surface area contributed by atoms with E-state index >= 15 is 0 Å². The maximum Gasteiger partial charge on any atom is 0.220 e. The lowest BCUT2D eigenvalue weighted by atomic mass is 10.0. The molecule has 1 heterocycles. The van der Waals surface area contributed by atoms with E-state index in [1.54, 1.807) is 6.07 Å². The maximum atomic E-state index is 13.8. The van der Waals surface area contributed by atoms with E-state index in [1.165, 1.54) is 6.07 Å². The van der Waals surface area contributed by atoms with Crippen LogP contribution >= 0.6 is 0 Å². The number of hydrogen-bond acceptors (Lipinski definition) is 3. The summed E-state index contributed by atoms with van der Waals surface area (Å²) in [5.74, 6) is 0.0701. The highest BCUT2D eigenvalue weighted by Gasteiger charge is 2.21. The highest BCUT2D eigenvalue weighted by Crippen LogP contribution is 2.28. The minimum absolute atomic E-state index is 0.0171. The smallest absolute Gasteiger partial charge is 0.220 e. The van der Waals surface area contributed by atoms with E-state index in [0.717, 1.165) is 44.0 Å². The summed E-state index contributed by atoms with van der Waals surface area (Å²) < 4.78 is 13.8. The molecule has 1 N–H and O–H groups in total. The lowest BCUT2D eigenvalue weighted by molar-refractivity contribution is -0.122. The molecule has 2 rings (SSSR count). The van der Waals surface area contributed by atoms with Gasteiger partial charge in [0.2, 0.25) is 5.91 Å². The first-order chi connectivity index (χ1) is 11.4.